The molecule has 0 saturated heterocycles. The Morgan fingerprint density at radius 1 is 1.34 bits per heavy atom. The number of aliphatic hydroxyl groups excluding tert-OH is 1. The van der Waals surface area contributed by atoms with Crippen LogP contribution in [0, 0.1) is 10.1 Å². The number of nitro groups is 1. The van der Waals surface area contributed by atoms with Gasteiger partial charge >= 0.3 is 5.69 Å². The summed E-state index contributed by atoms with van der Waals surface area (Å²) in [6, 6.07) is 7.27. The summed E-state index contributed by atoms with van der Waals surface area (Å²) < 4.78 is 9.99. The van der Waals surface area contributed by atoms with Crippen molar-refractivity contribution in [1.29, 1.82) is 0 Å². The summed E-state index contributed by atoms with van der Waals surface area (Å²) in [6.07, 6.45) is 2.44. The Morgan fingerprint density at radius 3 is 2.86 bits per heavy atom. The van der Waals surface area contributed by atoms with Crippen LogP contribution in [-0.4, -0.2) is 58.7 Å². The summed E-state index contributed by atoms with van der Waals surface area (Å²) >= 11 is 0. The zero-order valence-corrected chi connectivity index (χ0v) is 15.9. The molecule has 0 aliphatic carbocycles. The van der Waals surface area contributed by atoms with Gasteiger partial charge in [-0.05, 0) is 34.9 Å². The molecule has 11 heteroatoms. The number of fused-ring (bicyclic) bond motifs is 1. The van der Waals surface area contributed by atoms with Crippen molar-refractivity contribution in [2.75, 3.05) is 43.6 Å². The standard InChI is InChI=1S/C18H22N6O5/c1-28-10-4-8-23(12-13-5-2-3-6-19-13)15-11-14(20-7-9-25)18(24(26)27)17-16(15)21-29-22-17/h2-3,5-6,11,20,25H,4,7-10,12H2,1H3. The second kappa shape index (κ2) is 9.75. The second-order valence-electron chi connectivity index (χ2n) is 6.25. The van der Waals surface area contributed by atoms with Gasteiger partial charge in [0.25, 0.3) is 0 Å². The van der Waals surface area contributed by atoms with Crippen LogP contribution in [0.25, 0.3) is 11.0 Å². The molecule has 0 aliphatic rings. The molecule has 11 nitrogen and oxygen atoms in total. The highest BCUT2D eigenvalue weighted by molar-refractivity contribution is 5.99. The fourth-order valence-corrected chi connectivity index (χ4v) is 3.04. The molecule has 1 aromatic carbocycles. The zero-order chi connectivity index (χ0) is 20.6. The van der Waals surface area contributed by atoms with Gasteiger partial charge in [-0.2, -0.15) is 0 Å². The number of aromatic nitrogens is 3. The van der Waals surface area contributed by atoms with Gasteiger partial charge in [0.15, 0.2) is 5.52 Å². The van der Waals surface area contributed by atoms with Crippen molar-refractivity contribution in [3.05, 3.63) is 46.3 Å². The highest BCUT2D eigenvalue weighted by atomic mass is 16.6. The Bertz CT molecular complexity index is 949. The zero-order valence-electron chi connectivity index (χ0n) is 15.9. The van der Waals surface area contributed by atoms with E-state index in [9.17, 15) is 10.1 Å². The topological polar surface area (TPSA) is 140 Å². The molecule has 0 saturated carbocycles. The third kappa shape index (κ3) is 4.76. The van der Waals surface area contributed by atoms with Gasteiger partial charge in [-0.15, -0.1) is 0 Å². The van der Waals surface area contributed by atoms with Crippen molar-refractivity contribution in [1.82, 2.24) is 15.3 Å². The second-order valence-corrected chi connectivity index (χ2v) is 6.25. The highest BCUT2D eigenvalue weighted by Crippen LogP contribution is 2.38. The van der Waals surface area contributed by atoms with Crippen LogP contribution < -0.4 is 10.2 Å². The molecule has 0 fully saturated rings. The van der Waals surface area contributed by atoms with Crippen molar-refractivity contribution in [2.45, 2.75) is 13.0 Å². The maximum absolute atomic E-state index is 11.6. The van der Waals surface area contributed by atoms with E-state index in [1.54, 1.807) is 19.4 Å². The number of nitro benzene ring substituents is 1. The first kappa shape index (κ1) is 20.4. The molecule has 2 heterocycles. The van der Waals surface area contributed by atoms with Crippen LogP contribution in [0.1, 0.15) is 12.1 Å². The molecule has 2 aromatic heterocycles. The quantitative estimate of drug-likeness (QED) is 0.278. The summed E-state index contributed by atoms with van der Waals surface area (Å²) in [4.78, 5) is 17.5. The third-order valence-corrected chi connectivity index (χ3v) is 4.30. The highest BCUT2D eigenvalue weighted by Gasteiger charge is 2.27. The fraction of sp³-hybridized carbons (Fsp3) is 0.389. The van der Waals surface area contributed by atoms with Gasteiger partial charge in [0.1, 0.15) is 5.69 Å². The molecule has 2 N–H and O–H groups in total. The van der Waals surface area contributed by atoms with E-state index in [1.807, 2.05) is 23.1 Å². The fourth-order valence-electron chi connectivity index (χ4n) is 3.04. The van der Waals surface area contributed by atoms with Crippen LogP contribution in [0.4, 0.5) is 17.1 Å². The van der Waals surface area contributed by atoms with Crippen LogP contribution >= 0.6 is 0 Å². The van der Waals surface area contributed by atoms with Gasteiger partial charge in [-0.3, -0.25) is 15.1 Å². The van der Waals surface area contributed by atoms with Gasteiger partial charge in [-0.25, -0.2) is 4.63 Å². The number of aliphatic hydroxyl groups is 1. The van der Waals surface area contributed by atoms with Crippen molar-refractivity contribution in [3.63, 3.8) is 0 Å². The molecule has 3 rings (SSSR count). The first-order valence-corrected chi connectivity index (χ1v) is 9.08. The largest absolute Gasteiger partial charge is 0.395 e. The minimum absolute atomic E-state index is 0.0469. The van der Waals surface area contributed by atoms with E-state index < -0.39 is 4.92 Å². The molecule has 0 amide bonds. The Hall–Kier alpha value is -3.31. The average molecular weight is 402 g/mol. The van der Waals surface area contributed by atoms with Crippen LogP contribution in [0.15, 0.2) is 35.1 Å². The summed E-state index contributed by atoms with van der Waals surface area (Å²) in [5.74, 6) is 0. The minimum Gasteiger partial charge on any atom is -0.395 e. The Kier molecular flexibility index (Phi) is 6.87. The van der Waals surface area contributed by atoms with E-state index in [0.717, 1.165) is 12.1 Å². The van der Waals surface area contributed by atoms with E-state index >= 15 is 0 Å². The van der Waals surface area contributed by atoms with Gasteiger partial charge in [0.2, 0.25) is 5.52 Å². The molecule has 0 radical (unpaired) electrons. The van der Waals surface area contributed by atoms with Gasteiger partial charge < -0.3 is 20.1 Å². The maximum atomic E-state index is 11.6. The van der Waals surface area contributed by atoms with Crippen molar-refractivity contribution in [3.8, 4) is 0 Å². The molecular formula is C18H22N6O5. The number of hydrogen-bond donors (Lipinski definition) is 2. The molecule has 154 valence electrons. The van der Waals surface area contributed by atoms with E-state index in [4.69, 9.17) is 14.5 Å². The summed E-state index contributed by atoms with van der Waals surface area (Å²) in [7, 11) is 1.63. The van der Waals surface area contributed by atoms with E-state index in [0.29, 0.717) is 30.9 Å². The van der Waals surface area contributed by atoms with E-state index in [-0.39, 0.29) is 30.0 Å². The molecule has 0 spiro atoms. The van der Waals surface area contributed by atoms with Gasteiger partial charge in [0.05, 0.1) is 29.5 Å². The normalized spacial score (nSPS) is 11.0. The molecule has 0 bridgehead atoms. The van der Waals surface area contributed by atoms with Crippen molar-refractivity contribution >= 4 is 28.1 Å². The number of benzene rings is 1. The predicted molar refractivity (Wildman–Crippen MR) is 106 cm³/mol. The number of nitrogens with zero attached hydrogens (tertiary/aromatic N) is 5. The third-order valence-electron chi connectivity index (χ3n) is 4.30. The molecule has 0 atom stereocenters. The molecular weight excluding hydrogens is 380 g/mol. The van der Waals surface area contributed by atoms with Gasteiger partial charge in [-0.1, -0.05) is 6.07 Å². The SMILES string of the molecule is COCCCN(Cc1ccccn1)c1cc(NCCO)c([N+](=O)[O-])c2nonc12. The lowest BCUT2D eigenvalue weighted by Crippen LogP contribution is -2.26. The van der Waals surface area contributed by atoms with Crippen LogP contribution in [0.5, 0.6) is 0 Å². The lowest BCUT2D eigenvalue weighted by Gasteiger charge is -2.25. The van der Waals surface area contributed by atoms with E-state index in [1.165, 1.54) is 0 Å². The van der Waals surface area contributed by atoms with Crippen LogP contribution in [0.2, 0.25) is 0 Å². The van der Waals surface area contributed by atoms with Crippen LogP contribution in [-0.2, 0) is 11.3 Å². The minimum atomic E-state index is -0.538. The molecule has 3 aromatic rings. The van der Waals surface area contributed by atoms with Crippen LogP contribution in [0.3, 0.4) is 0 Å². The Labute approximate surface area is 166 Å². The molecule has 29 heavy (non-hydrogen) atoms. The smallest absolute Gasteiger partial charge is 0.323 e. The number of hydrogen-bond acceptors (Lipinski definition) is 10. The number of pyridine rings is 1. The number of rotatable bonds is 11. The Morgan fingerprint density at radius 2 is 2.17 bits per heavy atom. The molecule has 0 aliphatic heterocycles. The summed E-state index contributed by atoms with van der Waals surface area (Å²) in [5, 5.41) is 31.3. The summed E-state index contributed by atoms with van der Waals surface area (Å²) in [6.45, 7) is 1.60. The van der Waals surface area contributed by atoms with E-state index in [2.05, 4.69) is 20.6 Å². The number of anilines is 2. The van der Waals surface area contributed by atoms with Gasteiger partial charge in [0, 0.05) is 33.0 Å². The number of nitrogens with one attached hydrogen (secondary N) is 1. The van der Waals surface area contributed by atoms with Crippen molar-refractivity contribution in [2.24, 2.45) is 0 Å². The average Bonchev–Trinajstić information content (AvgIpc) is 3.20. The lowest BCUT2D eigenvalue weighted by atomic mass is 10.1. The lowest BCUT2D eigenvalue weighted by molar-refractivity contribution is -0.382. The number of ether oxygens (including phenoxy) is 1. The summed E-state index contributed by atoms with van der Waals surface area (Å²) in [5.41, 5.74) is 1.78. The first-order chi connectivity index (χ1) is 14.2. The maximum Gasteiger partial charge on any atom is 0.323 e. The number of methoxy groups -OCH3 is 1. The van der Waals surface area contributed by atoms with Crippen molar-refractivity contribution < 1.29 is 19.4 Å². The Balaban J connectivity index is 2.07. The molecule has 0 unspecified atom stereocenters. The predicted octanol–water partition coefficient (Wildman–Crippen LogP) is 1.97. The first-order valence-electron chi connectivity index (χ1n) is 9.08. The monoisotopic (exact) mass is 402 g/mol.